The second kappa shape index (κ2) is 14.0. The van der Waals surface area contributed by atoms with Crippen LogP contribution in [0.3, 0.4) is 0 Å². The van der Waals surface area contributed by atoms with Crippen molar-refractivity contribution in [3.63, 3.8) is 0 Å². The number of halogens is 4. The zero-order chi connectivity index (χ0) is 26.9. The molecule has 3 unspecified atom stereocenters. The van der Waals surface area contributed by atoms with Gasteiger partial charge in [0.2, 0.25) is 11.8 Å². The van der Waals surface area contributed by atoms with Crippen LogP contribution < -0.4 is 11.1 Å². The average Bonchev–Trinajstić information content (AvgIpc) is 2.89. The van der Waals surface area contributed by atoms with E-state index in [0.29, 0.717) is 42.5 Å². The van der Waals surface area contributed by atoms with E-state index >= 15 is 0 Å². The van der Waals surface area contributed by atoms with Gasteiger partial charge in [-0.2, -0.15) is 0 Å². The summed E-state index contributed by atoms with van der Waals surface area (Å²) in [6.07, 6.45) is 2.27. The summed E-state index contributed by atoms with van der Waals surface area (Å²) in [4.78, 5) is 30.3. The predicted molar refractivity (Wildman–Crippen MR) is 143 cm³/mol. The zero-order valence-electron chi connectivity index (χ0n) is 20.9. The third-order valence-corrected chi connectivity index (χ3v) is 7.39. The number of amides is 2. The minimum atomic E-state index is -0.753. The third-order valence-electron chi connectivity index (χ3n) is 6.66. The third kappa shape index (κ3) is 8.11. The Morgan fingerprint density at radius 3 is 2.43 bits per heavy atom. The lowest BCUT2D eigenvalue weighted by Crippen LogP contribution is -2.62. The molecule has 3 rings (SSSR count). The summed E-state index contributed by atoms with van der Waals surface area (Å²) in [5.41, 5.74) is 7.91. The summed E-state index contributed by atoms with van der Waals surface area (Å²) in [5, 5.41) is 3.49. The van der Waals surface area contributed by atoms with Crippen LogP contribution in [-0.2, 0) is 22.4 Å². The number of hydrogen-bond donors (Lipinski definition) is 2. The second-order valence-electron chi connectivity index (χ2n) is 9.35. The van der Waals surface area contributed by atoms with E-state index in [4.69, 9.17) is 28.9 Å². The van der Waals surface area contributed by atoms with Gasteiger partial charge < -0.3 is 16.0 Å². The van der Waals surface area contributed by atoms with Gasteiger partial charge >= 0.3 is 0 Å². The van der Waals surface area contributed by atoms with Gasteiger partial charge in [-0.05, 0) is 54.7 Å². The molecule has 2 aromatic rings. The van der Waals surface area contributed by atoms with Crippen molar-refractivity contribution < 1.29 is 18.4 Å². The average molecular weight is 555 g/mol. The van der Waals surface area contributed by atoms with Gasteiger partial charge in [0.25, 0.3) is 0 Å². The van der Waals surface area contributed by atoms with E-state index in [1.165, 1.54) is 12.1 Å². The Morgan fingerprint density at radius 2 is 1.78 bits per heavy atom. The fourth-order valence-corrected chi connectivity index (χ4v) is 5.09. The standard InChI is InChI=1S/C27H34Cl2F2N4O2/c1-2-3-21-17-34(12-13-35(21)27(37)24(32)15-18-4-7-20(31)8-5-18)25(26(36)33-11-10-30)16-19-6-9-22(28)23(29)14-19/h4-9,14,21,24-25H,2-3,10-13,15-17,32H2,1H3,(H,33,36). The van der Waals surface area contributed by atoms with Gasteiger partial charge in [0.1, 0.15) is 12.5 Å². The van der Waals surface area contributed by atoms with Gasteiger partial charge in [-0.3, -0.25) is 14.5 Å². The van der Waals surface area contributed by atoms with Gasteiger partial charge in [0.05, 0.1) is 22.1 Å². The molecule has 2 amide bonds. The molecule has 1 saturated heterocycles. The lowest BCUT2D eigenvalue weighted by molar-refractivity contribution is -0.139. The molecular formula is C27H34Cl2F2N4O2. The lowest BCUT2D eigenvalue weighted by Gasteiger charge is -2.45. The summed E-state index contributed by atoms with van der Waals surface area (Å²) < 4.78 is 26.0. The number of nitrogens with one attached hydrogen (secondary N) is 1. The number of carbonyl (C=O) groups excluding carboxylic acids is 2. The van der Waals surface area contributed by atoms with Crippen molar-refractivity contribution in [2.24, 2.45) is 5.73 Å². The van der Waals surface area contributed by atoms with Crippen LogP contribution in [0.4, 0.5) is 8.78 Å². The number of nitrogens with two attached hydrogens (primary N) is 1. The van der Waals surface area contributed by atoms with Crippen LogP contribution in [0.5, 0.6) is 0 Å². The van der Waals surface area contributed by atoms with E-state index in [0.717, 1.165) is 24.0 Å². The molecule has 0 aliphatic carbocycles. The van der Waals surface area contributed by atoms with E-state index in [-0.39, 0.29) is 30.2 Å². The topological polar surface area (TPSA) is 78.7 Å². The Morgan fingerprint density at radius 1 is 1.08 bits per heavy atom. The van der Waals surface area contributed by atoms with Crippen LogP contribution in [0.25, 0.3) is 0 Å². The first kappa shape index (κ1) is 29.3. The molecule has 0 bridgehead atoms. The summed E-state index contributed by atoms with van der Waals surface area (Å²) >= 11 is 12.2. The quantitative estimate of drug-likeness (QED) is 0.440. The Kier molecular flexibility index (Phi) is 11.1. The number of rotatable bonds is 11. The van der Waals surface area contributed by atoms with E-state index < -0.39 is 18.8 Å². The highest BCUT2D eigenvalue weighted by Crippen LogP contribution is 2.25. The molecule has 0 aromatic heterocycles. The van der Waals surface area contributed by atoms with E-state index in [9.17, 15) is 18.4 Å². The molecule has 0 radical (unpaired) electrons. The SMILES string of the molecule is CCCC1CN(C(Cc2ccc(Cl)c(Cl)c2)C(=O)NCCF)CCN1C(=O)C(N)Cc1ccc(F)cc1. The van der Waals surface area contributed by atoms with Crippen molar-refractivity contribution >= 4 is 35.0 Å². The Bertz CT molecular complexity index is 1060. The predicted octanol–water partition coefficient (Wildman–Crippen LogP) is 4.01. The number of alkyl halides is 1. The molecule has 202 valence electrons. The summed E-state index contributed by atoms with van der Waals surface area (Å²) in [5.74, 6) is -0.772. The second-order valence-corrected chi connectivity index (χ2v) is 10.2. The first-order valence-corrected chi connectivity index (χ1v) is 13.3. The highest BCUT2D eigenvalue weighted by Gasteiger charge is 2.37. The molecule has 1 heterocycles. The normalized spacial score (nSPS) is 17.9. The van der Waals surface area contributed by atoms with Crippen molar-refractivity contribution in [2.45, 2.75) is 50.7 Å². The molecule has 0 spiro atoms. The molecule has 6 nitrogen and oxygen atoms in total. The van der Waals surface area contributed by atoms with Gasteiger partial charge in [0.15, 0.2) is 0 Å². The lowest BCUT2D eigenvalue weighted by atomic mass is 9.98. The smallest absolute Gasteiger partial charge is 0.240 e. The Hall–Kier alpha value is -2.26. The van der Waals surface area contributed by atoms with Gasteiger partial charge in [-0.25, -0.2) is 8.78 Å². The fraction of sp³-hybridized carbons (Fsp3) is 0.481. The number of nitrogens with zero attached hydrogens (tertiary/aromatic N) is 2. The van der Waals surface area contributed by atoms with Crippen molar-refractivity contribution in [3.05, 3.63) is 69.5 Å². The number of piperazine rings is 1. The monoisotopic (exact) mass is 554 g/mol. The molecular weight excluding hydrogens is 521 g/mol. The molecule has 3 atom stereocenters. The van der Waals surface area contributed by atoms with Crippen LogP contribution >= 0.6 is 23.2 Å². The molecule has 1 aliphatic rings. The molecule has 1 fully saturated rings. The van der Waals surface area contributed by atoms with Gasteiger partial charge in [-0.15, -0.1) is 0 Å². The summed E-state index contributed by atoms with van der Waals surface area (Å²) in [7, 11) is 0. The maximum absolute atomic E-state index is 13.3. The number of benzene rings is 2. The number of carbonyl (C=O) groups is 2. The van der Waals surface area contributed by atoms with Crippen LogP contribution in [0.1, 0.15) is 30.9 Å². The Balaban J connectivity index is 1.75. The first-order chi connectivity index (χ1) is 17.7. The van der Waals surface area contributed by atoms with Crippen molar-refractivity contribution in [1.29, 1.82) is 0 Å². The van der Waals surface area contributed by atoms with Crippen LogP contribution in [0.2, 0.25) is 10.0 Å². The van der Waals surface area contributed by atoms with Crippen LogP contribution in [0, 0.1) is 5.82 Å². The zero-order valence-corrected chi connectivity index (χ0v) is 22.4. The highest BCUT2D eigenvalue weighted by molar-refractivity contribution is 6.42. The molecule has 0 saturated carbocycles. The molecule has 2 aromatic carbocycles. The molecule has 1 aliphatic heterocycles. The number of hydrogen-bond acceptors (Lipinski definition) is 4. The summed E-state index contributed by atoms with van der Waals surface area (Å²) in [6.45, 7) is 2.68. The van der Waals surface area contributed by atoms with Gasteiger partial charge in [-0.1, -0.05) is 54.7 Å². The van der Waals surface area contributed by atoms with E-state index in [1.54, 1.807) is 24.3 Å². The minimum absolute atomic E-state index is 0.0637. The summed E-state index contributed by atoms with van der Waals surface area (Å²) in [6, 6.07) is 9.77. The Labute approximate surface area is 227 Å². The molecule has 3 N–H and O–H groups in total. The maximum Gasteiger partial charge on any atom is 0.240 e. The van der Waals surface area contributed by atoms with Crippen molar-refractivity contribution in [3.8, 4) is 0 Å². The van der Waals surface area contributed by atoms with Crippen LogP contribution in [0.15, 0.2) is 42.5 Å². The first-order valence-electron chi connectivity index (χ1n) is 12.6. The van der Waals surface area contributed by atoms with Crippen molar-refractivity contribution in [1.82, 2.24) is 15.1 Å². The van der Waals surface area contributed by atoms with Crippen molar-refractivity contribution in [2.75, 3.05) is 32.9 Å². The fourth-order valence-electron chi connectivity index (χ4n) is 4.77. The van der Waals surface area contributed by atoms with E-state index in [1.807, 2.05) is 22.8 Å². The van der Waals surface area contributed by atoms with E-state index in [2.05, 4.69) is 5.32 Å². The van der Waals surface area contributed by atoms with Crippen LogP contribution in [-0.4, -0.2) is 72.6 Å². The highest BCUT2D eigenvalue weighted by atomic mass is 35.5. The maximum atomic E-state index is 13.3. The molecule has 37 heavy (non-hydrogen) atoms. The minimum Gasteiger partial charge on any atom is -0.352 e. The van der Waals surface area contributed by atoms with Gasteiger partial charge in [0, 0.05) is 32.2 Å². The largest absolute Gasteiger partial charge is 0.352 e. The molecule has 10 heteroatoms.